The topological polar surface area (TPSA) is 131 Å². The van der Waals surface area contributed by atoms with Crippen molar-refractivity contribution in [3.63, 3.8) is 0 Å². The van der Waals surface area contributed by atoms with Crippen LogP contribution in [0, 0.1) is 0 Å². The Balaban J connectivity index is 2.03. The van der Waals surface area contributed by atoms with Crippen LogP contribution in [0.15, 0.2) is 6.07 Å². The summed E-state index contributed by atoms with van der Waals surface area (Å²) in [5.74, 6) is -0.787. The monoisotopic (exact) mass is 322 g/mol. The molecule has 1 aromatic heterocycles. The van der Waals surface area contributed by atoms with Gasteiger partial charge in [-0.3, -0.25) is 14.9 Å². The molecule has 23 heavy (non-hydrogen) atoms. The molecule has 1 aromatic rings. The molecule has 0 atom stereocenters. The predicted molar refractivity (Wildman–Crippen MR) is 83.8 cm³/mol. The highest BCUT2D eigenvalue weighted by molar-refractivity contribution is 5.94. The zero-order chi connectivity index (χ0) is 16.8. The lowest BCUT2D eigenvalue weighted by Crippen LogP contribution is -2.38. The first kappa shape index (κ1) is 16.8. The number of hydrogen-bond donors (Lipinski definition) is 4. The van der Waals surface area contributed by atoms with Gasteiger partial charge >= 0.3 is 6.03 Å². The number of aromatic nitrogens is 2. The largest absolute Gasteiger partial charge is 0.364 e. The van der Waals surface area contributed by atoms with Gasteiger partial charge in [-0.1, -0.05) is 19.3 Å². The Bertz CT molecular complexity index is 591. The summed E-state index contributed by atoms with van der Waals surface area (Å²) in [6.07, 6.45) is 5.36. The van der Waals surface area contributed by atoms with Crippen molar-refractivity contribution < 1.29 is 14.4 Å². The van der Waals surface area contributed by atoms with Crippen LogP contribution < -0.4 is 21.7 Å². The summed E-state index contributed by atoms with van der Waals surface area (Å²) in [6, 6.07) is 1.04. The van der Waals surface area contributed by atoms with Crippen molar-refractivity contribution in [1.29, 1.82) is 0 Å². The fourth-order valence-corrected chi connectivity index (χ4v) is 2.63. The van der Waals surface area contributed by atoms with E-state index in [1.54, 1.807) is 0 Å². The van der Waals surface area contributed by atoms with E-state index in [9.17, 15) is 14.4 Å². The Morgan fingerprint density at radius 2 is 2.00 bits per heavy atom. The molecule has 4 amide bonds. The summed E-state index contributed by atoms with van der Waals surface area (Å²) >= 11 is 0. The van der Waals surface area contributed by atoms with E-state index < -0.39 is 11.9 Å². The molecule has 0 spiro atoms. The van der Waals surface area contributed by atoms with Crippen molar-refractivity contribution >= 4 is 23.7 Å². The summed E-state index contributed by atoms with van der Waals surface area (Å²) in [4.78, 5) is 34.9. The van der Waals surface area contributed by atoms with Crippen LogP contribution in [0.3, 0.4) is 0 Å². The standard InChI is InChI=1S/C14H22N6O3/c1-16-14(23)18-11-7-10(13(15)22)20(19-11)8-12(21)17-9-5-3-2-4-6-9/h7,9H,2-6,8H2,1H3,(H2,15,22)(H,17,21)(H2,16,18,19,23). The summed E-state index contributed by atoms with van der Waals surface area (Å²) in [5.41, 5.74) is 5.36. The first-order valence-corrected chi connectivity index (χ1v) is 7.65. The van der Waals surface area contributed by atoms with E-state index >= 15 is 0 Å². The van der Waals surface area contributed by atoms with Gasteiger partial charge in [0.15, 0.2) is 5.82 Å². The van der Waals surface area contributed by atoms with E-state index in [1.807, 2.05) is 0 Å². The Hall–Kier alpha value is -2.58. The van der Waals surface area contributed by atoms with Crippen molar-refractivity contribution in [3.05, 3.63) is 11.8 Å². The van der Waals surface area contributed by atoms with Crippen LogP contribution in [0.5, 0.6) is 0 Å². The van der Waals surface area contributed by atoms with Crippen molar-refractivity contribution in [2.75, 3.05) is 12.4 Å². The van der Waals surface area contributed by atoms with E-state index in [0.29, 0.717) is 0 Å². The molecule has 9 nitrogen and oxygen atoms in total. The van der Waals surface area contributed by atoms with Gasteiger partial charge in [-0.2, -0.15) is 5.10 Å². The van der Waals surface area contributed by atoms with Gasteiger partial charge in [0.2, 0.25) is 5.91 Å². The molecular weight excluding hydrogens is 300 g/mol. The zero-order valence-electron chi connectivity index (χ0n) is 13.1. The Morgan fingerprint density at radius 1 is 1.30 bits per heavy atom. The minimum atomic E-state index is -0.715. The molecule has 126 valence electrons. The Morgan fingerprint density at radius 3 is 2.61 bits per heavy atom. The van der Waals surface area contributed by atoms with Gasteiger partial charge in [0, 0.05) is 19.2 Å². The van der Waals surface area contributed by atoms with Crippen LogP contribution >= 0.6 is 0 Å². The first-order valence-electron chi connectivity index (χ1n) is 7.65. The molecule has 0 radical (unpaired) electrons. The summed E-state index contributed by atoms with van der Waals surface area (Å²) in [5, 5.41) is 11.8. The second-order valence-electron chi connectivity index (χ2n) is 5.54. The molecule has 2 rings (SSSR count). The Labute approximate surface area is 134 Å². The third-order valence-electron chi connectivity index (χ3n) is 3.76. The molecule has 1 aliphatic rings. The van der Waals surface area contributed by atoms with Crippen molar-refractivity contribution in [2.45, 2.75) is 44.7 Å². The average Bonchev–Trinajstić information content (AvgIpc) is 2.90. The van der Waals surface area contributed by atoms with Crippen LogP contribution in [-0.2, 0) is 11.3 Å². The van der Waals surface area contributed by atoms with E-state index in [2.05, 4.69) is 21.0 Å². The molecule has 0 unspecified atom stereocenters. The normalized spacial score (nSPS) is 15.0. The number of anilines is 1. The van der Waals surface area contributed by atoms with Crippen LogP contribution in [0.25, 0.3) is 0 Å². The number of carbonyl (C=O) groups excluding carboxylic acids is 3. The van der Waals surface area contributed by atoms with Gasteiger partial charge in [0.1, 0.15) is 12.2 Å². The highest BCUT2D eigenvalue weighted by atomic mass is 16.2. The number of rotatable bonds is 5. The number of hydrogen-bond acceptors (Lipinski definition) is 4. The van der Waals surface area contributed by atoms with Crippen LogP contribution in [0.1, 0.15) is 42.6 Å². The molecule has 0 bridgehead atoms. The third kappa shape index (κ3) is 4.70. The van der Waals surface area contributed by atoms with Crippen LogP contribution in [-0.4, -0.2) is 40.7 Å². The fraction of sp³-hybridized carbons (Fsp3) is 0.571. The molecule has 1 saturated carbocycles. The van der Waals surface area contributed by atoms with Crippen molar-refractivity contribution in [2.24, 2.45) is 5.73 Å². The molecule has 0 aliphatic heterocycles. The SMILES string of the molecule is CNC(=O)Nc1cc(C(N)=O)n(CC(=O)NC2CCCCC2)n1. The third-order valence-corrected chi connectivity index (χ3v) is 3.76. The average molecular weight is 322 g/mol. The second kappa shape index (κ2) is 7.61. The van der Waals surface area contributed by atoms with E-state index in [4.69, 9.17) is 5.73 Å². The number of urea groups is 1. The summed E-state index contributed by atoms with van der Waals surface area (Å²) < 4.78 is 1.20. The van der Waals surface area contributed by atoms with Gasteiger partial charge in [0.25, 0.3) is 5.91 Å². The molecule has 0 aromatic carbocycles. The number of carbonyl (C=O) groups is 3. The number of nitrogens with zero attached hydrogens (tertiary/aromatic N) is 2. The molecular formula is C14H22N6O3. The van der Waals surface area contributed by atoms with Crippen molar-refractivity contribution in [3.8, 4) is 0 Å². The zero-order valence-corrected chi connectivity index (χ0v) is 13.1. The smallest absolute Gasteiger partial charge is 0.320 e. The molecule has 5 N–H and O–H groups in total. The lowest BCUT2D eigenvalue weighted by molar-refractivity contribution is -0.122. The quantitative estimate of drug-likeness (QED) is 0.616. The maximum Gasteiger partial charge on any atom is 0.320 e. The Kier molecular flexibility index (Phi) is 5.56. The highest BCUT2D eigenvalue weighted by Gasteiger charge is 2.19. The highest BCUT2D eigenvalue weighted by Crippen LogP contribution is 2.17. The summed E-state index contributed by atoms with van der Waals surface area (Å²) in [7, 11) is 1.46. The summed E-state index contributed by atoms with van der Waals surface area (Å²) in [6.45, 7) is -0.121. The van der Waals surface area contributed by atoms with Gasteiger partial charge in [-0.15, -0.1) is 0 Å². The van der Waals surface area contributed by atoms with Gasteiger partial charge in [0.05, 0.1) is 0 Å². The first-order chi connectivity index (χ1) is 11.0. The predicted octanol–water partition coefficient (Wildman–Crippen LogP) is 0.182. The minimum absolute atomic E-state index is 0.0650. The maximum atomic E-state index is 12.1. The molecule has 9 heteroatoms. The molecule has 0 saturated heterocycles. The number of amides is 4. The van der Waals surface area contributed by atoms with Crippen molar-refractivity contribution in [1.82, 2.24) is 20.4 Å². The maximum absolute atomic E-state index is 12.1. The van der Waals surface area contributed by atoms with E-state index in [-0.39, 0.29) is 30.0 Å². The number of primary amides is 1. The number of nitrogens with two attached hydrogens (primary N) is 1. The second-order valence-corrected chi connectivity index (χ2v) is 5.54. The fourth-order valence-electron chi connectivity index (χ4n) is 2.63. The van der Waals surface area contributed by atoms with Gasteiger partial charge in [-0.05, 0) is 12.8 Å². The van der Waals surface area contributed by atoms with Gasteiger partial charge in [-0.25, -0.2) is 9.48 Å². The van der Waals surface area contributed by atoms with Crippen LogP contribution in [0.4, 0.5) is 10.6 Å². The molecule has 1 aliphatic carbocycles. The van der Waals surface area contributed by atoms with E-state index in [0.717, 1.165) is 25.7 Å². The lowest BCUT2D eigenvalue weighted by Gasteiger charge is -2.22. The van der Waals surface area contributed by atoms with E-state index in [1.165, 1.54) is 24.2 Å². The molecule has 1 fully saturated rings. The number of nitrogens with one attached hydrogen (secondary N) is 3. The minimum Gasteiger partial charge on any atom is -0.364 e. The van der Waals surface area contributed by atoms with Crippen LogP contribution in [0.2, 0.25) is 0 Å². The lowest BCUT2D eigenvalue weighted by atomic mass is 9.95. The molecule has 1 heterocycles. The van der Waals surface area contributed by atoms with Gasteiger partial charge < -0.3 is 16.4 Å².